The number of hydrogen-bond acceptors (Lipinski definition) is 20. The number of hydrogen-bond donors (Lipinski definition) is 8. The Morgan fingerprint density at radius 1 is 0.425 bits per heavy atom. The minimum atomic E-state index is -4.89. The minimum Gasteiger partial charge on any atom is -0.406 e. The standard InChI is InChI=1S/C19H11ClF7N5O.2C11H5Cl2F4N3.C11H8ClF4N5.C7H5F4N.C4HCl3N2.C2H3I3.C2H4I2.C2H5I.C2H4I.C2H6.CH4.V/c20-15-8-16(29-11-3-6-14(21)13(7-11)18(22,23)24)31-17(30-15)32-28-9-10-1-4-12(5-2-10)33-19(25,26)27;12-8-4-9(20-10(13)19-8)18-5-1-2-7(14)6(3-5)11(15,16)17;12-8-4-9(13)20-10(19-8)18-5-1-2-7(14)6(3-5)11(15,16)17;12-8-4-9(20-10(19-8)21-17)18-5-1-2-7(13)6(3-5)11(14,15)16;8-6-2-1-4(12)3-5(6)7(9,10)11;5-2-1-3(6)9-4(7)8-2;1-2(3,4)5;1-2(3)4;2*1-2-3;1-2;;/h1-9H,(H2,29,30,31,32);2*1-4H,(H,18,19,20);1-4H,17H2,(H2,18,19,20,21);1-3H,12H2;1H;1H3;2H,1H3;2H2,1H3;2H,1H3;1-2H3;1H4;/q;;;;;;;;;-1;;;/b28-9+;;;;;;;;;;;;. The molecule has 0 fully saturated rings. The average molecular weight is 2930 g/mol. The number of benzene rings is 6. The first kappa shape index (κ1) is 131. The number of anilines is 11. The molecular formula is C74H61Cl9F23I7N19OV-. The van der Waals surface area contributed by atoms with Crippen LogP contribution in [0.3, 0.4) is 0 Å². The summed E-state index contributed by atoms with van der Waals surface area (Å²) in [6.45, 7) is 12.4. The number of nitrogens with two attached hydrogens (primary N) is 2. The number of nitrogens with zero attached hydrogens (tertiary/aromatic N) is 11. The first-order valence-electron chi connectivity index (χ1n) is 34.3. The normalized spacial score (nSPS) is 10.9. The van der Waals surface area contributed by atoms with Gasteiger partial charge in [-0.1, -0.05) is 245 Å². The Bertz CT molecular complexity index is 5240. The maximum absolute atomic E-state index is 13.4. The summed E-state index contributed by atoms with van der Waals surface area (Å²) in [6.07, 6.45) is -27.5. The third-order valence-electron chi connectivity index (χ3n) is 12.4. The molecule has 20 nitrogen and oxygen atoms in total. The van der Waals surface area contributed by atoms with Gasteiger partial charge < -0.3 is 54.3 Å². The van der Waals surface area contributed by atoms with Crippen molar-refractivity contribution in [2.45, 2.75) is 87.6 Å². The zero-order valence-corrected chi connectivity index (χ0v) is 89.8. The van der Waals surface area contributed by atoms with E-state index < -0.39 is 99.9 Å². The summed E-state index contributed by atoms with van der Waals surface area (Å²) in [5.41, 5.74) is 2.82. The maximum Gasteiger partial charge on any atom is 0.573 e. The molecule has 5 heterocycles. The number of alkyl halides is 24. The monoisotopic (exact) mass is 2920 g/mol. The van der Waals surface area contributed by atoms with Crippen LogP contribution < -0.4 is 48.4 Å². The van der Waals surface area contributed by atoms with E-state index in [1.54, 1.807) is 0 Å². The van der Waals surface area contributed by atoms with Gasteiger partial charge in [0, 0.05) is 77.3 Å². The van der Waals surface area contributed by atoms with Crippen molar-refractivity contribution in [3.63, 3.8) is 0 Å². The van der Waals surface area contributed by atoms with Crippen LogP contribution in [0.5, 0.6) is 5.75 Å². The molecule has 1 radical (unpaired) electrons. The van der Waals surface area contributed by atoms with Crippen molar-refractivity contribution < 1.29 is 124 Å². The molecule has 5 aromatic heterocycles. The number of hydrazone groups is 1. The molecule has 737 valence electrons. The van der Waals surface area contributed by atoms with E-state index >= 15 is 0 Å². The predicted octanol–water partition coefficient (Wildman–Crippen LogP) is 33.8. The number of hydrazine groups is 1. The van der Waals surface area contributed by atoms with Crippen LogP contribution in [0.25, 0.3) is 0 Å². The maximum atomic E-state index is 13.4. The van der Waals surface area contributed by atoms with E-state index in [9.17, 15) is 101 Å². The molecule has 0 spiro atoms. The largest absolute Gasteiger partial charge is 0.573 e. The zero-order chi connectivity index (χ0) is 101. The fraction of sp³-hybridized carbons (Fsp3) is 0.216. The Balaban J connectivity index is 0. The van der Waals surface area contributed by atoms with Crippen LogP contribution in [0.4, 0.5) is 165 Å². The molecule has 0 saturated carbocycles. The van der Waals surface area contributed by atoms with Crippen molar-refractivity contribution in [1.29, 1.82) is 0 Å². The smallest absolute Gasteiger partial charge is 0.406 e. The fourth-order valence-electron chi connectivity index (χ4n) is 7.88. The second kappa shape index (κ2) is 63.4. The molecular weight excluding hydrogens is 2870 g/mol. The molecule has 11 rings (SSSR count). The summed E-state index contributed by atoms with van der Waals surface area (Å²) in [5, 5.41) is 14.3. The van der Waals surface area contributed by atoms with Gasteiger partial charge in [0.25, 0.3) is 0 Å². The van der Waals surface area contributed by atoms with Crippen molar-refractivity contribution in [2.75, 3.05) is 42.3 Å². The summed E-state index contributed by atoms with van der Waals surface area (Å²) in [4.78, 5) is 37.3. The van der Waals surface area contributed by atoms with E-state index in [1.807, 2.05) is 25.2 Å². The first-order chi connectivity index (χ1) is 60.8. The van der Waals surface area contributed by atoms with Crippen LogP contribution in [-0.2, 0) is 49.4 Å². The molecule has 0 saturated heterocycles. The van der Waals surface area contributed by atoms with Gasteiger partial charge >= 0.3 is 37.2 Å². The van der Waals surface area contributed by atoms with E-state index in [2.05, 4.69) is 271 Å². The van der Waals surface area contributed by atoms with Crippen LogP contribution in [-0.4, -0.2) is 68.2 Å². The Morgan fingerprint density at radius 2 is 0.679 bits per heavy atom. The quantitative estimate of drug-likeness (QED) is 0.00509. The van der Waals surface area contributed by atoms with Crippen molar-refractivity contribution in [1.82, 2.24) is 49.8 Å². The van der Waals surface area contributed by atoms with Crippen molar-refractivity contribution in [2.24, 2.45) is 10.9 Å². The Morgan fingerprint density at radius 3 is 0.970 bits per heavy atom. The van der Waals surface area contributed by atoms with Crippen LogP contribution in [0.2, 0.25) is 46.6 Å². The number of aromatic nitrogens is 10. The topological polar surface area (TPSA) is 275 Å². The molecule has 60 heteroatoms. The Kier molecular flexibility index (Phi) is 62.2. The van der Waals surface area contributed by atoms with Crippen LogP contribution >= 0.6 is 263 Å². The molecule has 0 aliphatic heterocycles. The molecule has 134 heavy (non-hydrogen) atoms. The number of ether oxygens (including phenoxy) is 1. The Hall–Kier alpha value is -4.56. The third kappa shape index (κ3) is 56.8. The Labute approximate surface area is 901 Å². The van der Waals surface area contributed by atoms with Crippen LogP contribution in [0.15, 0.2) is 151 Å². The van der Waals surface area contributed by atoms with Gasteiger partial charge in [-0.15, -0.1) is 13.2 Å². The van der Waals surface area contributed by atoms with Gasteiger partial charge in [0.05, 0.1) is 36.0 Å². The molecule has 0 bridgehead atoms. The number of nitrogen functional groups attached to an aromatic ring is 2. The van der Waals surface area contributed by atoms with Gasteiger partial charge in [-0.3, -0.25) is 9.85 Å². The summed E-state index contributed by atoms with van der Waals surface area (Å²) < 4.78 is 298. The van der Waals surface area contributed by atoms with Gasteiger partial charge in [-0.05, 0) is 162 Å². The van der Waals surface area contributed by atoms with Gasteiger partial charge in [0.1, 0.15) is 87.8 Å². The van der Waals surface area contributed by atoms with E-state index in [1.165, 1.54) is 53.1 Å². The minimum absolute atomic E-state index is 0. The van der Waals surface area contributed by atoms with Crippen LogP contribution in [0, 0.1) is 33.5 Å². The summed E-state index contributed by atoms with van der Waals surface area (Å²) in [6, 6.07) is 23.2. The fourth-order valence-corrected chi connectivity index (χ4v) is 9.77. The first-order valence-corrected chi connectivity index (χ1v) is 46.2. The molecule has 11 aromatic rings. The van der Waals surface area contributed by atoms with E-state index in [0.29, 0.717) is 65.7 Å². The second-order valence-electron chi connectivity index (χ2n) is 22.7. The zero-order valence-electron chi connectivity index (χ0n) is 66.5. The second-order valence-corrected chi connectivity index (χ2v) is 47.6. The molecule has 0 aliphatic rings. The van der Waals surface area contributed by atoms with E-state index in [0.717, 1.165) is 44.4 Å². The SMILES string of the molecule is C.CC.CC(I)(I)I.CC(I)I.CCI.C[CH-]I.Clc1cc(Cl)nc(Cl)n1.Fc1ccc(Nc2cc(Cl)nc(Cl)n2)cc1C(F)(F)F.Fc1ccc(Nc2cc(Cl)nc(N/N=C/c3ccc(OC(F)(F)F)cc3)n2)cc1C(F)(F)F.Fc1ccc(Nc2nc(Cl)cc(Cl)n2)cc1C(F)(F)F.NNc1nc(Cl)cc(Nc2ccc(F)c(C(F)(F)F)c2)n1.Nc1ccc(F)c(C(F)(F)F)c1.[V]. The van der Waals surface area contributed by atoms with E-state index in [-0.39, 0.29) is 136 Å². The number of halogens is 39. The summed E-state index contributed by atoms with van der Waals surface area (Å²) >= 11 is 66.4. The van der Waals surface area contributed by atoms with Gasteiger partial charge in [-0.2, -0.15) is 97.8 Å². The number of nitrogens with one attached hydrogen (secondary N) is 6. The molecule has 10 N–H and O–H groups in total. The average Bonchev–Trinajstić information content (AvgIpc) is 0.829. The van der Waals surface area contributed by atoms with Crippen molar-refractivity contribution >= 4 is 332 Å². The number of rotatable bonds is 13. The summed E-state index contributed by atoms with van der Waals surface area (Å²) in [5.74, 6) is -2.19. The third-order valence-corrected chi connectivity index (χ3v) is 14.1. The van der Waals surface area contributed by atoms with Gasteiger partial charge in [0.15, 0.2) is 0 Å². The van der Waals surface area contributed by atoms with Gasteiger partial charge in [-0.25, -0.2) is 63.1 Å². The van der Waals surface area contributed by atoms with Gasteiger partial charge in [0.2, 0.25) is 28.4 Å². The van der Waals surface area contributed by atoms with Crippen molar-refractivity contribution in [3.05, 3.63) is 259 Å². The summed E-state index contributed by atoms with van der Waals surface area (Å²) in [7, 11) is 0. The molecule has 6 aromatic carbocycles. The van der Waals surface area contributed by atoms with Crippen LogP contribution in [0.1, 0.15) is 82.3 Å². The van der Waals surface area contributed by atoms with Crippen molar-refractivity contribution in [3.8, 4) is 5.75 Å². The van der Waals surface area contributed by atoms with E-state index in [4.69, 9.17) is 116 Å². The predicted molar refractivity (Wildman–Crippen MR) is 537 cm³/mol. The molecule has 0 atom stereocenters. The molecule has 0 amide bonds. The molecule has 0 aliphatic carbocycles. The molecule has 0 unspecified atom stereocenters.